The van der Waals surface area contributed by atoms with E-state index in [1.54, 1.807) is 30.3 Å². The third-order valence-corrected chi connectivity index (χ3v) is 6.53. The Balaban J connectivity index is 2.27. The molecule has 0 spiro atoms. The quantitative estimate of drug-likeness (QED) is 0.168. The molecule has 0 aromatic heterocycles. The van der Waals surface area contributed by atoms with E-state index in [-0.39, 0.29) is 35.7 Å². The predicted octanol–water partition coefficient (Wildman–Crippen LogP) is 7.09. The molecule has 43 heavy (non-hydrogen) atoms. The van der Waals surface area contributed by atoms with Gasteiger partial charge in [-0.05, 0) is 47.4 Å². The highest BCUT2D eigenvalue weighted by molar-refractivity contribution is 5.46. The van der Waals surface area contributed by atoms with Gasteiger partial charge < -0.3 is 20.5 Å². The zero-order valence-corrected chi connectivity index (χ0v) is 23.2. The molecule has 0 saturated heterocycles. The first-order valence-electron chi connectivity index (χ1n) is 13.2. The summed E-state index contributed by atoms with van der Waals surface area (Å²) < 4.78 is 127. The molecule has 0 heterocycles. The van der Waals surface area contributed by atoms with E-state index < -0.39 is 60.7 Å². The number of aliphatic hydroxyl groups excluding tert-OH is 1. The SMILES string of the molecule is CC(C)NCc1cc([C@@](Cc2ccccc2)(NCC(O)CC(F)(F)F)c2cc(F)cc(OC(F)(F)C(F)F)c2)ccc1F. The lowest BCUT2D eigenvalue weighted by Gasteiger charge is -2.38. The van der Waals surface area contributed by atoms with Crippen LogP contribution in [0.1, 0.15) is 42.5 Å². The average Bonchev–Trinajstić information content (AvgIpc) is 2.89. The standard InChI is InChI=1S/C30H31F9N2O2/c1-18(2)40-16-20-10-21(8-9-26(20)32)28(14-19-6-4-3-5-7-19,41-17-24(42)15-29(35,36)37)22-11-23(31)13-25(12-22)43-30(38,39)27(33)34/h3-13,18,24,27,40-42H,14-17H2,1-2H3/t24?,28-/m1/s1. The summed E-state index contributed by atoms with van der Waals surface area (Å²) in [7, 11) is 0. The van der Waals surface area contributed by atoms with Gasteiger partial charge in [0, 0.05) is 30.8 Å². The van der Waals surface area contributed by atoms with E-state index in [2.05, 4.69) is 15.4 Å². The normalized spacial score (nSPS) is 14.7. The molecule has 0 fully saturated rings. The number of hydrogen-bond acceptors (Lipinski definition) is 4. The number of rotatable bonds is 14. The Bertz CT molecular complexity index is 1340. The maximum Gasteiger partial charge on any atom is 0.461 e. The molecule has 3 rings (SSSR count). The number of alkyl halides is 7. The third-order valence-electron chi connectivity index (χ3n) is 6.53. The Labute approximate surface area is 242 Å². The van der Waals surface area contributed by atoms with Crippen LogP contribution < -0.4 is 15.4 Å². The fraction of sp³-hybridized carbons (Fsp3) is 0.400. The summed E-state index contributed by atoms with van der Waals surface area (Å²) in [5, 5.41) is 16.1. The Morgan fingerprint density at radius 3 is 2.14 bits per heavy atom. The molecular formula is C30H31F9N2O2. The molecule has 3 N–H and O–H groups in total. The van der Waals surface area contributed by atoms with E-state index in [0.29, 0.717) is 11.6 Å². The van der Waals surface area contributed by atoms with Crippen molar-refractivity contribution < 1.29 is 49.4 Å². The van der Waals surface area contributed by atoms with Crippen LogP contribution in [0.2, 0.25) is 0 Å². The fourth-order valence-corrected chi connectivity index (χ4v) is 4.53. The first-order chi connectivity index (χ1) is 20.0. The first-order valence-corrected chi connectivity index (χ1v) is 13.2. The number of aliphatic hydroxyl groups is 1. The van der Waals surface area contributed by atoms with Gasteiger partial charge in [-0.25, -0.2) is 8.78 Å². The highest BCUT2D eigenvalue weighted by Gasteiger charge is 2.45. The van der Waals surface area contributed by atoms with Gasteiger partial charge in [0.1, 0.15) is 17.4 Å². The van der Waals surface area contributed by atoms with Crippen molar-refractivity contribution in [2.24, 2.45) is 0 Å². The molecule has 1 unspecified atom stereocenters. The van der Waals surface area contributed by atoms with E-state index in [0.717, 1.165) is 18.2 Å². The highest BCUT2D eigenvalue weighted by Crippen LogP contribution is 2.38. The van der Waals surface area contributed by atoms with Gasteiger partial charge in [-0.3, -0.25) is 0 Å². The summed E-state index contributed by atoms with van der Waals surface area (Å²) in [6.07, 6.45) is -17.8. The molecule has 0 saturated carbocycles. The van der Waals surface area contributed by atoms with Gasteiger partial charge in [0.25, 0.3) is 0 Å². The molecule has 4 nitrogen and oxygen atoms in total. The number of benzene rings is 3. The lowest BCUT2D eigenvalue weighted by atomic mass is 9.77. The van der Waals surface area contributed by atoms with Gasteiger partial charge >= 0.3 is 18.7 Å². The zero-order chi connectivity index (χ0) is 32.0. The van der Waals surface area contributed by atoms with Crippen LogP contribution >= 0.6 is 0 Å². The molecule has 236 valence electrons. The minimum absolute atomic E-state index is 0.0214. The van der Waals surface area contributed by atoms with Crippen LogP contribution in [0.3, 0.4) is 0 Å². The number of ether oxygens (including phenoxy) is 1. The number of hydrogen-bond donors (Lipinski definition) is 3. The summed E-state index contributed by atoms with van der Waals surface area (Å²) in [5.74, 6) is -2.81. The first kappa shape index (κ1) is 34.2. The van der Waals surface area contributed by atoms with Crippen molar-refractivity contribution >= 4 is 0 Å². The monoisotopic (exact) mass is 622 g/mol. The number of nitrogens with one attached hydrogen (secondary N) is 2. The molecule has 3 aromatic rings. The Morgan fingerprint density at radius 1 is 0.860 bits per heavy atom. The maximum atomic E-state index is 15.0. The molecule has 0 radical (unpaired) electrons. The maximum absolute atomic E-state index is 15.0. The van der Waals surface area contributed by atoms with E-state index in [4.69, 9.17) is 0 Å². The largest absolute Gasteiger partial charge is 0.461 e. The van der Waals surface area contributed by atoms with E-state index in [9.17, 15) is 44.6 Å². The molecule has 0 aliphatic rings. The second-order valence-electron chi connectivity index (χ2n) is 10.4. The van der Waals surface area contributed by atoms with E-state index in [1.807, 2.05) is 13.8 Å². The Morgan fingerprint density at radius 2 is 1.53 bits per heavy atom. The predicted molar refractivity (Wildman–Crippen MR) is 142 cm³/mol. The van der Waals surface area contributed by atoms with Crippen molar-refractivity contribution in [2.45, 2.75) is 69.6 Å². The zero-order valence-electron chi connectivity index (χ0n) is 23.2. The molecule has 2 atom stereocenters. The van der Waals surface area contributed by atoms with Gasteiger partial charge in [0.05, 0.1) is 18.1 Å². The fourth-order valence-electron chi connectivity index (χ4n) is 4.53. The number of halogens is 9. The van der Waals surface area contributed by atoms with Crippen molar-refractivity contribution in [1.29, 1.82) is 0 Å². The van der Waals surface area contributed by atoms with E-state index in [1.165, 1.54) is 12.1 Å². The molecule has 0 aliphatic heterocycles. The van der Waals surface area contributed by atoms with Gasteiger partial charge in [0.2, 0.25) is 0 Å². The highest BCUT2D eigenvalue weighted by atomic mass is 19.4. The van der Waals surface area contributed by atoms with Crippen molar-refractivity contribution in [3.8, 4) is 5.75 Å². The van der Waals surface area contributed by atoms with Crippen LogP contribution in [-0.2, 0) is 18.5 Å². The van der Waals surface area contributed by atoms with Crippen molar-refractivity contribution in [1.82, 2.24) is 10.6 Å². The average molecular weight is 623 g/mol. The lowest BCUT2D eigenvalue weighted by molar-refractivity contribution is -0.253. The Kier molecular flexibility index (Phi) is 11.1. The molecule has 13 heteroatoms. The topological polar surface area (TPSA) is 53.5 Å². The lowest BCUT2D eigenvalue weighted by Crippen LogP contribution is -2.49. The van der Waals surface area contributed by atoms with Crippen molar-refractivity contribution in [2.75, 3.05) is 6.54 Å². The third kappa shape index (κ3) is 9.60. The second-order valence-corrected chi connectivity index (χ2v) is 10.4. The summed E-state index contributed by atoms with van der Waals surface area (Å²) in [6, 6.07) is 14.1. The molecule has 0 amide bonds. The van der Waals surface area contributed by atoms with Gasteiger partial charge in [-0.1, -0.05) is 50.2 Å². The van der Waals surface area contributed by atoms with Crippen LogP contribution in [0.5, 0.6) is 5.75 Å². The van der Waals surface area contributed by atoms with Crippen LogP contribution in [-0.4, -0.2) is 42.5 Å². The minimum atomic E-state index is -4.99. The summed E-state index contributed by atoms with van der Waals surface area (Å²) in [5.41, 5.74) is -1.22. The Hall–Kier alpha value is -3.29. The summed E-state index contributed by atoms with van der Waals surface area (Å²) in [6.45, 7) is 2.92. The molecule has 0 bridgehead atoms. The minimum Gasteiger partial charge on any atom is -0.428 e. The van der Waals surface area contributed by atoms with Gasteiger partial charge in [-0.15, -0.1) is 0 Å². The van der Waals surface area contributed by atoms with Crippen LogP contribution in [0, 0.1) is 11.6 Å². The summed E-state index contributed by atoms with van der Waals surface area (Å²) in [4.78, 5) is 0. The van der Waals surface area contributed by atoms with Gasteiger partial charge in [0.15, 0.2) is 0 Å². The van der Waals surface area contributed by atoms with Crippen LogP contribution in [0.25, 0.3) is 0 Å². The van der Waals surface area contributed by atoms with E-state index >= 15 is 0 Å². The van der Waals surface area contributed by atoms with Crippen molar-refractivity contribution in [3.05, 3.63) is 101 Å². The smallest absolute Gasteiger partial charge is 0.428 e. The van der Waals surface area contributed by atoms with Crippen LogP contribution in [0.4, 0.5) is 39.5 Å². The van der Waals surface area contributed by atoms with Crippen molar-refractivity contribution in [3.63, 3.8) is 0 Å². The molecule has 0 aliphatic carbocycles. The molecular weight excluding hydrogens is 591 g/mol. The summed E-state index contributed by atoms with van der Waals surface area (Å²) >= 11 is 0. The second kappa shape index (κ2) is 14.0. The van der Waals surface area contributed by atoms with Gasteiger partial charge in [-0.2, -0.15) is 30.7 Å². The van der Waals surface area contributed by atoms with Crippen LogP contribution in [0.15, 0.2) is 66.7 Å². The molecule has 3 aromatic carbocycles.